The van der Waals surface area contributed by atoms with E-state index in [4.69, 9.17) is 10.5 Å². The Morgan fingerprint density at radius 2 is 2.05 bits per heavy atom. The maximum absolute atomic E-state index is 12.6. The van der Waals surface area contributed by atoms with Crippen LogP contribution in [0.5, 0.6) is 11.6 Å². The Hall–Kier alpha value is -2.02. The first-order valence-corrected chi connectivity index (χ1v) is 5.50. The van der Waals surface area contributed by atoms with Gasteiger partial charge in [-0.2, -0.15) is 13.2 Å². The topological polar surface area (TPSA) is 63.9 Å². The zero-order valence-electron chi connectivity index (χ0n) is 10.1. The molecule has 2 rings (SSSR count). The second-order valence-electron chi connectivity index (χ2n) is 4.02. The highest BCUT2D eigenvalue weighted by Gasteiger charge is 2.31. The lowest BCUT2D eigenvalue weighted by molar-refractivity contribution is -0.137. The van der Waals surface area contributed by atoms with Crippen LogP contribution >= 0.6 is 0 Å². The third kappa shape index (κ3) is 3.05. The van der Waals surface area contributed by atoms with Gasteiger partial charge in [0.1, 0.15) is 5.75 Å². The molecule has 0 amide bonds. The fourth-order valence-corrected chi connectivity index (χ4v) is 1.57. The molecule has 0 aliphatic heterocycles. The average Bonchev–Trinajstić information content (AvgIpc) is 2.74. The Labute approximate surface area is 107 Å². The molecule has 1 aromatic heterocycles. The van der Waals surface area contributed by atoms with Crippen LogP contribution < -0.4 is 10.5 Å². The molecule has 0 aliphatic rings. The number of aryl methyl sites for hydroxylation is 1. The summed E-state index contributed by atoms with van der Waals surface area (Å²) in [5.74, 6) is 0.550. The monoisotopic (exact) mass is 271 g/mol. The normalized spacial score (nSPS) is 11.6. The van der Waals surface area contributed by atoms with E-state index in [1.165, 1.54) is 6.07 Å². The van der Waals surface area contributed by atoms with E-state index in [0.29, 0.717) is 0 Å². The molecule has 4 nitrogen and oxygen atoms in total. The van der Waals surface area contributed by atoms with E-state index >= 15 is 0 Å². The molecule has 0 unspecified atom stereocenters. The second kappa shape index (κ2) is 4.93. The van der Waals surface area contributed by atoms with E-state index in [0.717, 1.165) is 17.8 Å². The summed E-state index contributed by atoms with van der Waals surface area (Å²) >= 11 is 0. The van der Waals surface area contributed by atoms with E-state index in [9.17, 15) is 13.2 Å². The number of rotatable bonds is 3. The first kappa shape index (κ1) is 13.4. The molecule has 3 N–H and O–H groups in total. The molecule has 0 atom stereocenters. The van der Waals surface area contributed by atoms with E-state index in [1.807, 2.05) is 0 Å². The lowest BCUT2D eigenvalue weighted by Crippen LogP contribution is -2.08. The van der Waals surface area contributed by atoms with Crippen molar-refractivity contribution in [2.45, 2.75) is 19.6 Å². The van der Waals surface area contributed by atoms with Gasteiger partial charge in [-0.1, -0.05) is 0 Å². The molecule has 0 fully saturated rings. The molecule has 2 aromatic rings. The Bertz CT molecular complexity index is 578. The Balaban J connectivity index is 2.31. The van der Waals surface area contributed by atoms with Crippen molar-refractivity contribution >= 4 is 0 Å². The maximum Gasteiger partial charge on any atom is 0.416 e. The van der Waals surface area contributed by atoms with Gasteiger partial charge in [0.15, 0.2) is 0 Å². The minimum absolute atomic E-state index is 0.0529. The fraction of sp³-hybridized carbons (Fsp3) is 0.250. The number of halogens is 3. The molecule has 7 heteroatoms. The van der Waals surface area contributed by atoms with Gasteiger partial charge in [-0.15, -0.1) is 5.10 Å². The smallest absolute Gasteiger partial charge is 0.416 e. The number of nitrogens with zero attached hydrogens (tertiary/aromatic N) is 1. The largest absolute Gasteiger partial charge is 0.437 e. The number of nitrogens with one attached hydrogen (secondary N) is 1. The minimum atomic E-state index is -4.40. The highest BCUT2D eigenvalue weighted by Crippen LogP contribution is 2.33. The number of benzene rings is 1. The van der Waals surface area contributed by atoms with Crippen molar-refractivity contribution in [2.75, 3.05) is 0 Å². The molecule has 0 saturated carbocycles. The molecule has 0 aliphatic carbocycles. The first-order valence-electron chi connectivity index (χ1n) is 5.50. The third-order valence-corrected chi connectivity index (χ3v) is 2.50. The van der Waals surface area contributed by atoms with Crippen LogP contribution in [0.2, 0.25) is 0 Å². The summed E-state index contributed by atoms with van der Waals surface area (Å²) in [7, 11) is 0. The van der Waals surface area contributed by atoms with Crippen LogP contribution in [0.1, 0.15) is 16.8 Å². The highest BCUT2D eigenvalue weighted by molar-refractivity contribution is 5.40. The number of hydrogen-bond acceptors (Lipinski definition) is 3. The van der Waals surface area contributed by atoms with Crippen LogP contribution in [0.3, 0.4) is 0 Å². The van der Waals surface area contributed by atoms with Gasteiger partial charge < -0.3 is 10.5 Å². The SMILES string of the molecule is Cc1cc(Oc2ccc(C(F)(F)F)cc2CN)n[nH]1. The average molecular weight is 271 g/mol. The summed E-state index contributed by atoms with van der Waals surface area (Å²) < 4.78 is 43.1. The van der Waals surface area contributed by atoms with Gasteiger partial charge in [0, 0.05) is 23.9 Å². The summed E-state index contributed by atoms with van der Waals surface area (Å²) in [6, 6.07) is 4.82. The summed E-state index contributed by atoms with van der Waals surface area (Å²) in [6.45, 7) is 1.74. The molecule has 0 saturated heterocycles. The number of aromatic nitrogens is 2. The third-order valence-electron chi connectivity index (χ3n) is 2.50. The van der Waals surface area contributed by atoms with Crippen LogP contribution in [0.25, 0.3) is 0 Å². The zero-order chi connectivity index (χ0) is 14.0. The van der Waals surface area contributed by atoms with Crippen molar-refractivity contribution < 1.29 is 17.9 Å². The van der Waals surface area contributed by atoms with E-state index in [2.05, 4.69) is 10.2 Å². The Morgan fingerprint density at radius 1 is 1.32 bits per heavy atom. The number of alkyl halides is 3. The molecule has 1 aromatic carbocycles. The lowest BCUT2D eigenvalue weighted by atomic mass is 10.1. The summed E-state index contributed by atoms with van der Waals surface area (Å²) in [5, 5.41) is 6.52. The number of nitrogens with two attached hydrogens (primary N) is 1. The molecule has 1 heterocycles. The van der Waals surface area contributed by atoms with E-state index < -0.39 is 11.7 Å². The highest BCUT2D eigenvalue weighted by atomic mass is 19.4. The van der Waals surface area contributed by atoms with E-state index in [1.54, 1.807) is 13.0 Å². The maximum atomic E-state index is 12.6. The number of H-pyrrole nitrogens is 1. The molecular formula is C12H12F3N3O. The zero-order valence-corrected chi connectivity index (χ0v) is 10.1. The van der Waals surface area contributed by atoms with Gasteiger partial charge in [-0.05, 0) is 25.1 Å². The van der Waals surface area contributed by atoms with Crippen LogP contribution in [0, 0.1) is 6.92 Å². The van der Waals surface area contributed by atoms with E-state index in [-0.39, 0.29) is 23.7 Å². The second-order valence-corrected chi connectivity index (χ2v) is 4.02. The first-order chi connectivity index (χ1) is 8.90. The molecular weight excluding hydrogens is 259 g/mol. The predicted octanol–water partition coefficient (Wildman–Crippen LogP) is 2.99. The van der Waals surface area contributed by atoms with Crippen LogP contribution in [0.4, 0.5) is 13.2 Å². The molecule has 19 heavy (non-hydrogen) atoms. The number of hydrogen-bond donors (Lipinski definition) is 2. The minimum Gasteiger partial charge on any atom is -0.437 e. The number of aromatic amines is 1. The summed E-state index contributed by atoms with van der Waals surface area (Å²) in [5.41, 5.74) is 5.76. The molecule has 0 spiro atoms. The lowest BCUT2D eigenvalue weighted by Gasteiger charge is -2.12. The molecule has 102 valence electrons. The van der Waals surface area contributed by atoms with Crippen molar-refractivity contribution in [3.05, 3.63) is 41.1 Å². The van der Waals surface area contributed by atoms with Gasteiger partial charge >= 0.3 is 6.18 Å². The van der Waals surface area contributed by atoms with Gasteiger partial charge in [0.25, 0.3) is 0 Å². The van der Waals surface area contributed by atoms with Gasteiger partial charge in [0.2, 0.25) is 5.88 Å². The summed E-state index contributed by atoms with van der Waals surface area (Å²) in [4.78, 5) is 0. The van der Waals surface area contributed by atoms with Gasteiger partial charge in [0.05, 0.1) is 5.56 Å². The molecule has 0 radical (unpaired) electrons. The van der Waals surface area contributed by atoms with Gasteiger partial charge in [-0.3, -0.25) is 5.10 Å². The van der Waals surface area contributed by atoms with Crippen molar-refractivity contribution in [1.29, 1.82) is 0 Å². The standard InChI is InChI=1S/C12H12F3N3O/c1-7-4-11(18-17-7)19-10-3-2-9(12(13,14)15)5-8(10)6-16/h2-5H,6,16H2,1H3,(H,17,18). The van der Waals surface area contributed by atoms with Crippen molar-refractivity contribution in [3.8, 4) is 11.6 Å². The van der Waals surface area contributed by atoms with Crippen molar-refractivity contribution in [3.63, 3.8) is 0 Å². The van der Waals surface area contributed by atoms with Gasteiger partial charge in [-0.25, -0.2) is 0 Å². The van der Waals surface area contributed by atoms with Crippen LogP contribution in [-0.4, -0.2) is 10.2 Å². The fourth-order valence-electron chi connectivity index (χ4n) is 1.57. The van der Waals surface area contributed by atoms with Crippen molar-refractivity contribution in [2.24, 2.45) is 5.73 Å². The quantitative estimate of drug-likeness (QED) is 0.902. The van der Waals surface area contributed by atoms with Crippen LogP contribution in [0.15, 0.2) is 24.3 Å². The Morgan fingerprint density at radius 3 is 2.58 bits per heavy atom. The van der Waals surface area contributed by atoms with Crippen molar-refractivity contribution in [1.82, 2.24) is 10.2 Å². The molecule has 0 bridgehead atoms. The Kier molecular flexibility index (Phi) is 3.48. The van der Waals surface area contributed by atoms with Crippen LogP contribution in [-0.2, 0) is 12.7 Å². The number of ether oxygens (including phenoxy) is 1. The summed E-state index contributed by atoms with van der Waals surface area (Å²) in [6.07, 6.45) is -4.40. The predicted molar refractivity (Wildman–Crippen MR) is 62.7 cm³/mol.